The number of benzene rings is 3. The molecule has 0 N–H and O–H groups in total. The van der Waals surface area contributed by atoms with Gasteiger partial charge in [0.1, 0.15) is 24.7 Å². The van der Waals surface area contributed by atoms with Gasteiger partial charge < -0.3 is 9.47 Å². The van der Waals surface area contributed by atoms with E-state index in [9.17, 15) is 0 Å². The van der Waals surface area contributed by atoms with Crippen LogP contribution in [0.2, 0.25) is 20.1 Å². The standard InChI is InChI=1S/C14H8Br6O2.C8H6Cl4/c15-7-3-9(17)13(10(18)4-7)21-1-2-22-14-11(19)5-8(16)6-12(14)20;1-3-5(9)7(11)4(2)8(12)6(3)10/h3-6H,1-2H2;1-2H3. The molecule has 34 heavy (non-hydrogen) atoms. The Bertz CT molecular complexity index is 996. The highest BCUT2D eigenvalue weighted by molar-refractivity contribution is 9.12. The number of halogens is 10. The molecule has 3 rings (SSSR count). The average molecular weight is 932 g/mol. The summed E-state index contributed by atoms with van der Waals surface area (Å²) < 4.78 is 17.0. The van der Waals surface area contributed by atoms with Crippen molar-refractivity contribution in [1.29, 1.82) is 0 Å². The molecule has 0 bridgehead atoms. The lowest BCUT2D eigenvalue weighted by Crippen LogP contribution is -2.10. The van der Waals surface area contributed by atoms with Crippen molar-refractivity contribution in [3.05, 3.63) is 82.3 Å². The third-order valence-corrected chi connectivity index (χ3v) is 9.56. The first kappa shape index (κ1) is 31.5. The molecule has 0 saturated heterocycles. The van der Waals surface area contributed by atoms with Gasteiger partial charge in [0.05, 0.1) is 38.0 Å². The fourth-order valence-electron chi connectivity index (χ4n) is 2.47. The van der Waals surface area contributed by atoms with Gasteiger partial charge in [0.15, 0.2) is 0 Å². The number of hydrogen-bond acceptors (Lipinski definition) is 2. The molecule has 3 aromatic carbocycles. The Morgan fingerprint density at radius 2 is 0.765 bits per heavy atom. The van der Waals surface area contributed by atoms with Gasteiger partial charge in [-0.15, -0.1) is 0 Å². The van der Waals surface area contributed by atoms with E-state index in [1.54, 1.807) is 13.8 Å². The summed E-state index contributed by atoms with van der Waals surface area (Å²) in [5.74, 6) is 1.50. The molecule has 0 aliphatic carbocycles. The van der Waals surface area contributed by atoms with Gasteiger partial charge in [-0.2, -0.15) is 0 Å². The van der Waals surface area contributed by atoms with Crippen LogP contribution in [0.15, 0.2) is 51.1 Å². The maximum absolute atomic E-state index is 5.89. The molecule has 0 aliphatic rings. The zero-order valence-corrected chi connectivity index (χ0v) is 29.9. The van der Waals surface area contributed by atoms with Gasteiger partial charge in [-0.25, -0.2) is 0 Å². The first-order valence-electron chi connectivity index (χ1n) is 9.18. The highest BCUT2D eigenvalue weighted by atomic mass is 79.9. The van der Waals surface area contributed by atoms with Crippen LogP contribution in [-0.4, -0.2) is 13.2 Å². The van der Waals surface area contributed by atoms with E-state index in [0.29, 0.717) is 33.3 Å². The van der Waals surface area contributed by atoms with Crippen LogP contribution in [0, 0.1) is 13.8 Å². The Balaban J connectivity index is 0.000000287. The van der Waals surface area contributed by atoms with Crippen LogP contribution < -0.4 is 9.47 Å². The maximum atomic E-state index is 5.89. The molecule has 3 aromatic rings. The Morgan fingerprint density at radius 1 is 0.529 bits per heavy atom. The number of rotatable bonds is 5. The van der Waals surface area contributed by atoms with Crippen LogP contribution in [0.4, 0.5) is 0 Å². The van der Waals surface area contributed by atoms with Gasteiger partial charge in [0.2, 0.25) is 0 Å². The van der Waals surface area contributed by atoms with Crippen LogP contribution in [0.3, 0.4) is 0 Å². The number of ether oxygens (including phenoxy) is 2. The molecular formula is C22H14Br6Cl4O2. The minimum absolute atomic E-state index is 0.424. The van der Waals surface area contributed by atoms with E-state index in [0.717, 1.165) is 49.5 Å². The van der Waals surface area contributed by atoms with Crippen molar-refractivity contribution in [2.24, 2.45) is 0 Å². The van der Waals surface area contributed by atoms with Crippen LogP contribution in [0.25, 0.3) is 0 Å². The summed E-state index contributed by atoms with van der Waals surface area (Å²) in [4.78, 5) is 0. The highest BCUT2D eigenvalue weighted by Gasteiger charge is 2.14. The third-order valence-electron chi connectivity index (χ3n) is 4.20. The first-order valence-corrected chi connectivity index (χ1v) is 15.5. The normalized spacial score (nSPS) is 10.6. The highest BCUT2D eigenvalue weighted by Crippen LogP contribution is 2.40. The number of hydrogen-bond donors (Lipinski definition) is 0. The van der Waals surface area contributed by atoms with Crippen molar-refractivity contribution < 1.29 is 9.47 Å². The molecule has 0 fully saturated rings. The van der Waals surface area contributed by atoms with Gasteiger partial charge in [0.25, 0.3) is 0 Å². The molecule has 0 spiro atoms. The minimum atomic E-state index is 0.424. The molecule has 0 atom stereocenters. The Labute approximate surface area is 269 Å². The predicted octanol–water partition coefficient (Wildman–Crippen LogP) is 12.6. The average Bonchev–Trinajstić information content (AvgIpc) is 2.75. The molecule has 2 nitrogen and oxygen atoms in total. The summed E-state index contributed by atoms with van der Waals surface area (Å²) in [5, 5.41) is 1.90. The summed E-state index contributed by atoms with van der Waals surface area (Å²) >= 11 is 44.3. The molecule has 0 amide bonds. The van der Waals surface area contributed by atoms with E-state index in [-0.39, 0.29) is 0 Å². The van der Waals surface area contributed by atoms with Gasteiger partial charge in [0, 0.05) is 8.95 Å². The van der Waals surface area contributed by atoms with Crippen molar-refractivity contribution in [2.75, 3.05) is 13.2 Å². The fourth-order valence-corrected chi connectivity index (χ4v) is 8.49. The molecule has 12 heteroatoms. The van der Waals surface area contributed by atoms with E-state index in [1.807, 2.05) is 24.3 Å². The van der Waals surface area contributed by atoms with Crippen molar-refractivity contribution in [3.8, 4) is 11.5 Å². The predicted molar refractivity (Wildman–Crippen MR) is 166 cm³/mol. The van der Waals surface area contributed by atoms with Crippen LogP contribution in [0.5, 0.6) is 11.5 Å². The minimum Gasteiger partial charge on any atom is -0.488 e. The van der Waals surface area contributed by atoms with Crippen LogP contribution >= 0.6 is 142 Å². The Morgan fingerprint density at radius 3 is 1.00 bits per heavy atom. The molecule has 0 saturated carbocycles. The second-order valence-electron chi connectivity index (χ2n) is 6.60. The summed E-state index contributed by atoms with van der Waals surface area (Å²) in [7, 11) is 0. The van der Waals surface area contributed by atoms with E-state index in [2.05, 4.69) is 95.6 Å². The lowest BCUT2D eigenvalue weighted by molar-refractivity contribution is 0.214. The van der Waals surface area contributed by atoms with E-state index in [1.165, 1.54) is 0 Å². The zero-order valence-electron chi connectivity index (χ0n) is 17.3. The molecule has 0 radical (unpaired) electrons. The van der Waals surface area contributed by atoms with E-state index in [4.69, 9.17) is 55.9 Å². The summed E-state index contributed by atoms with van der Waals surface area (Å²) in [6.07, 6.45) is 0. The first-order chi connectivity index (χ1) is 15.8. The van der Waals surface area contributed by atoms with Gasteiger partial charge >= 0.3 is 0 Å². The largest absolute Gasteiger partial charge is 0.488 e. The van der Waals surface area contributed by atoms with Crippen molar-refractivity contribution >= 4 is 142 Å². The molecule has 184 valence electrons. The van der Waals surface area contributed by atoms with Gasteiger partial charge in [-0.1, -0.05) is 78.3 Å². The SMILES string of the molecule is Brc1cc(Br)c(OCCOc2c(Br)cc(Br)cc2Br)c(Br)c1.Cc1c(Cl)c(Cl)c(C)c(Cl)c1Cl. The van der Waals surface area contributed by atoms with Crippen molar-refractivity contribution in [2.45, 2.75) is 13.8 Å². The zero-order chi connectivity index (χ0) is 25.7. The second kappa shape index (κ2) is 14.5. The van der Waals surface area contributed by atoms with Crippen LogP contribution in [-0.2, 0) is 0 Å². The van der Waals surface area contributed by atoms with Crippen molar-refractivity contribution in [1.82, 2.24) is 0 Å². The second-order valence-corrected chi connectivity index (χ2v) is 13.4. The summed E-state index contributed by atoms with van der Waals surface area (Å²) in [5.41, 5.74) is 1.44. The molecule has 0 aliphatic heterocycles. The lowest BCUT2D eigenvalue weighted by atomic mass is 10.2. The smallest absolute Gasteiger partial charge is 0.147 e. The lowest BCUT2D eigenvalue weighted by Gasteiger charge is -2.13. The Hall–Kier alpha value is 1.30. The van der Waals surface area contributed by atoms with E-state index >= 15 is 0 Å². The summed E-state index contributed by atoms with van der Waals surface area (Å²) in [6, 6.07) is 7.73. The van der Waals surface area contributed by atoms with Crippen LogP contribution in [0.1, 0.15) is 11.1 Å². The Kier molecular flexibility index (Phi) is 13.4. The molecular weight excluding hydrogens is 917 g/mol. The monoisotopic (exact) mass is 923 g/mol. The molecule has 0 unspecified atom stereocenters. The third kappa shape index (κ3) is 8.40. The molecule has 0 aromatic heterocycles. The topological polar surface area (TPSA) is 18.5 Å². The maximum Gasteiger partial charge on any atom is 0.147 e. The molecule has 0 heterocycles. The van der Waals surface area contributed by atoms with Gasteiger partial charge in [-0.05, 0) is 113 Å². The van der Waals surface area contributed by atoms with Gasteiger partial charge in [-0.3, -0.25) is 0 Å². The van der Waals surface area contributed by atoms with Crippen molar-refractivity contribution in [3.63, 3.8) is 0 Å². The van der Waals surface area contributed by atoms with E-state index < -0.39 is 0 Å². The fraction of sp³-hybridized carbons (Fsp3) is 0.182. The summed E-state index contributed by atoms with van der Waals surface area (Å²) in [6.45, 7) is 4.41. The quantitative estimate of drug-likeness (QED) is 0.187.